The van der Waals surface area contributed by atoms with Gasteiger partial charge in [0.05, 0.1) is 6.33 Å². The van der Waals surface area contributed by atoms with Gasteiger partial charge in [-0.15, -0.1) is 12.4 Å². The number of amides is 1. The molecule has 2 saturated carbocycles. The van der Waals surface area contributed by atoms with E-state index in [2.05, 4.69) is 22.2 Å². The standard InChI is InChI=1S/C15H23N3O.ClH/c1-10(18-15(19)13-6-7-13)11-2-4-12(5-3-11)14-8-16-9-17-14;/h8-13H,2-7H2,1H3,(H,16,17)(H,18,19);1H/t10-,11?,12?;/m1./s1. The molecule has 112 valence electrons. The van der Waals surface area contributed by atoms with E-state index < -0.39 is 0 Å². The normalized spacial score (nSPS) is 27.4. The van der Waals surface area contributed by atoms with Gasteiger partial charge in [0.15, 0.2) is 0 Å². The Morgan fingerprint density at radius 3 is 2.55 bits per heavy atom. The minimum absolute atomic E-state index is 0. The van der Waals surface area contributed by atoms with Gasteiger partial charge in [-0.25, -0.2) is 4.98 Å². The third kappa shape index (κ3) is 3.54. The lowest BCUT2D eigenvalue weighted by molar-refractivity contribution is -0.123. The highest BCUT2D eigenvalue weighted by Crippen LogP contribution is 2.36. The van der Waals surface area contributed by atoms with Gasteiger partial charge >= 0.3 is 0 Å². The summed E-state index contributed by atoms with van der Waals surface area (Å²) in [7, 11) is 0. The number of imidazole rings is 1. The van der Waals surface area contributed by atoms with E-state index in [-0.39, 0.29) is 18.3 Å². The van der Waals surface area contributed by atoms with Crippen LogP contribution in [-0.2, 0) is 4.79 Å². The summed E-state index contributed by atoms with van der Waals surface area (Å²) >= 11 is 0. The van der Waals surface area contributed by atoms with Crippen molar-refractivity contribution in [3.05, 3.63) is 18.2 Å². The molecule has 2 aliphatic carbocycles. The van der Waals surface area contributed by atoms with E-state index >= 15 is 0 Å². The van der Waals surface area contributed by atoms with Crippen molar-refractivity contribution in [1.82, 2.24) is 15.3 Å². The average molecular weight is 298 g/mol. The molecular formula is C15H24ClN3O. The topological polar surface area (TPSA) is 57.8 Å². The highest BCUT2D eigenvalue weighted by Gasteiger charge is 2.33. The molecule has 4 nitrogen and oxygen atoms in total. The quantitative estimate of drug-likeness (QED) is 0.897. The van der Waals surface area contributed by atoms with Crippen molar-refractivity contribution in [2.24, 2.45) is 11.8 Å². The van der Waals surface area contributed by atoms with Crippen molar-refractivity contribution in [1.29, 1.82) is 0 Å². The first-order chi connectivity index (χ1) is 9.24. The highest BCUT2D eigenvalue weighted by atomic mass is 35.5. The first-order valence-corrected chi connectivity index (χ1v) is 7.52. The molecule has 3 rings (SSSR count). The van der Waals surface area contributed by atoms with E-state index in [4.69, 9.17) is 0 Å². The fraction of sp³-hybridized carbons (Fsp3) is 0.733. The molecule has 0 radical (unpaired) electrons. The van der Waals surface area contributed by atoms with Crippen molar-refractivity contribution in [2.75, 3.05) is 0 Å². The summed E-state index contributed by atoms with van der Waals surface area (Å²) in [4.78, 5) is 19.1. The summed E-state index contributed by atoms with van der Waals surface area (Å²) in [6, 6.07) is 0.329. The van der Waals surface area contributed by atoms with E-state index in [9.17, 15) is 4.79 Å². The Bertz CT molecular complexity index is 422. The summed E-state index contributed by atoms with van der Waals surface area (Å²) in [5, 5.41) is 3.20. The third-order valence-electron chi connectivity index (χ3n) is 4.76. The summed E-state index contributed by atoms with van der Waals surface area (Å²) in [6.07, 6.45) is 10.7. The lowest BCUT2D eigenvalue weighted by Crippen LogP contribution is -2.40. The maximum atomic E-state index is 11.8. The second-order valence-electron chi connectivity index (χ2n) is 6.19. The lowest BCUT2D eigenvalue weighted by atomic mass is 9.78. The number of hydrogen-bond donors (Lipinski definition) is 2. The van der Waals surface area contributed by atoms with Crippen LogP contribution < -0.4 is 5.32 Å². The number of carbonyl (C=O) groups excluding carboxylic acids is 1. The number of nitrogens with one attached hydrogen (secondary N) is 2. The number of halogens is 1. The first kappa shape index (κ1) is 15.4. The molecule has 1 atom stereocenters. The molecule has 1 aromatic rings. The average Bonchev–Trinajstić information content (AvgIpc) is 3.14. The zero-order chi connectivity index (χ0) is 13.2. The predicted molar refractivity (Wildman–Crippen MR) is 80.9 cm³/mol. The second-order valence-corrected chi connectivity index (χ2v) is 6.19. The second kappa shape index (κ2) is 6.61. The zero-order valence-electron chi connectivity index (χ0n) is 12.0. The zero-order valence-corrected chi connectivity index (χ0v) is 12.8. The molecule has 2 aliphatic rings. The maximum Gasteiger partial charge on any atom is 0.223 e. The van der Waals surface area contributed by atoms with Gasteiger partial charge < -0.3 is 10.3 Å². The Morgan fingerprint density at radius 1 is 1.30 bits per heavy atom. The molecule has 20 heavy (non-hydrogen) atoms. The highest BCUT2D eigenvalue weighted by molar-refractivity contribution is 5.85. The van der Waals surface area contributed by atoms with Crippen LogP contribution in [0.1, 0.15) is 57.1 Å². The van der Waals surface area contributed by atoms with Gasteiger partial charge in [-0.3, -0.25) is 4.79 Å². The molecule has 1 heterocycles. The molecule has 0 unspecified atom stereocenters. The van der Waals surface area contributed by atoms with Gasteiger partial charge in [-0.1, -0.05) is 0 Å². The molecule has 2 N–H and O–H groups in total. The smallest absolute Gasteiger partial charge is 0.223 e. The monoisotopic (exact) mass is 297 g/mol. The van der Waals surface area contributed by atoms with E-state index in [0.29, 0.717) is 23.8 Å². The van der Waals surface area contributed by atoms with Crippen LogP contribution in [0.2, 0.25) is 0 Å². The van der Waals surface area contributed by atoms with E-state index in [0.717, 1.165) is 12.8 Å². The van der Waals surface area contributed by atoms with Crippen LogP contribution in [0, 0.1) is 11.8 Å². The van der Waals surface area contributed by atoms with E-state index in [1.165, 1.54) is 31.4 Å². The summed E-state index contributed by atoms with van der Waals surface area (Å²) < 4.78 is 0. The molecule has 0 aliphatic heterocycles. The van der Waals surface area contributed by atoms with Gasteiger partial charge in [0, 0.05) is 29.8 Å². The first-order valence-electron chi connectivity index (χ1n) is 7.52. The van der Waals surface area contributed by atoms with Gasteiger partial charge in [0.1, 0.15) is 0 Å². The van der Waals surface area contributed by atoms with Crippen LogP contribution in [0.3, 0.4) is 0 Å². The molecule has 1 amide bonds. The Morgan fingerprint density at radius 2 is 2.00 bits per heavy atom. The molecule has 0 aromatic carbocycles. The number of nitrogens with zero attached hydrogens (tertiary/aromatic N) is 1. The SMILES string of the molecule is C[C@@H](NC(=O)C1CC1)C1CCC(c2cnc[nH]2)CC1.Cl. The van der Waals surface area contributed by atoms with Crippen molar-refractivity contribution >= 4 is 18.3 Å². The van der Waals surface area contributed by atoms with Crippen molar-refractivity contribution in [2.45, 2.75) is 57.4 Å². The van der Waals surface area contributed by atoms with Crippen molar-refractivity contribution in [3.63, 3.8) is 0 Å². The van der Waals surface area contributed by atoms with Gasteiger partial charge in [0.25, 0.3) is 0 Å². The fourth-order valence-electron chi connectivity index (χ4n) is 3.23. The molecule has 1 aromatic heterocycles. The molecule has 0 saturated heterocycles. The Kier molecular flexibility index (Phi) is 5.08. The third-order valence-corrected chi connectivity index (χ3v) is 4.76. The fourth-order valence-corrected chi connectivity index (χ4v) is 3.23. The Hall–Kier alpha value is -1.03. The van der Waals surface area contributed by atoms with Crippen LogP contribution in [0.15, 0.2) is 12.5 Å². The number of hydrogen-bond acceptors (Lipinski definition) is 2. The van der Waals surface area contributed by atoms with Crippen molar-refractivity contribution < 1.29 is 4.79 Å². The molecule has 0 spiro atoms. The number of carbonyl (C=O) groups is 1. The van der Waals surface area contributed by atoms with Crippen LogP contribution in [0.25, 0.3) is 0 Å². The number of aromatic nitrogens is 2. The van der Waals surface area contributed by atoms with Crippen LogP contribution >= 0.6 is 12.4 Å². The van der Waals surface area contributed by atoms with Gasteiger partial charge in [-0.2, -0.15) is 0 Å². The number of H-pyrrole nitrogens is 1. The number of rotatable bonds is 4. The van der Waals surface area contributed by atoms with Crippen LogP contribution in [0.4, 0.5) is 0 Å². The lowest BCUT2D eigenvalue weighted by Gasteiger charge is -2.32. The molecule has 5 heteroatoms. The Balaban J connectivity index is 0.00000147. The molecular weight excluding hydrogens is 274 g/mol. The van der Waals surface area contributed by atoms with Gasteiger partial charge in [0.2, 0.25) is 5.91 Å². The largest absolute Gasteiger partial charge is 0.353 e. The predicted octanol–water partition coefficient (Wildman–Crippen LogP) is 3.02. The molecule has 2 fully saturated rings. The summed E-state index contributed by atoms with van der Waals surface area (Å²) in [5.74, 6) is 1.87. The van der Waals surface area contributed by atoms with E-state index in [1.54, 1.807) is 6.33 Å². The minimum Gasteiger partial charge on any atom is -0.353 e. The van der Waals surface area contributed by atoms with Crippen LogP contribution in [-0.4, -0.2) is 21.9 Å². The Labute approximate surface area is 126 Å². The summed E-state index contributed by atoms with van der Waals surface area (Å²) in [5.41, 5.74) is 1.27. The van der Waals surface area contributed by atoms with Crippen molar-refractivity contribution in [3.8, 4) is 0 Å². The van der Waals surface area contributed by atoms with E-state index in [1.807, 2.05) is 6.20 Å². The summed E-state index contributed by atoms with van der Waals surface area (Å²) in [6.45, 7) is 2.17. The number of aromatic amines is 1. The van der Waals surface area contributed by atoms with Gasteiger partial charge in [-0.05, 0) is 51.4 Å². The minimum atomic E-state index is 0. The van der Waals surface area contributed by atoms with Crippen LogP contribution in [0.5, 0.6) is 0 Å². The molecule has 0 bridgehead atoms. The maximum absolute atomic E-state index is 11.8.